The lowest BCUT2D eigenvalue weighted by molar-refractivity contribution is -0.386. The molecule has 1 atom stereocenters. The van der Waals surface area contributed by atoms with Gasteiger partial charge in [-0.25, -0.2) is 8.42 Å². The number of benzene rings is 1. The molecule has 1 aliphatic heterocycles. The summed E-state index contributed by atoms with van der Waals surface area (Å²) in [5.41, 5.74) is 4.99. The Balaban J connectivity index is 2.43. The average Bonchev–Trinajstić information content (AvgIpc) is 2.47. The monoisotopic (exact) mass is 315 g/mol. The van der Waals surface area contributed by atoms with Crippen molar-refractivity contribution in [2.75, 3.05) is 13.1 Å². The average molecular weight is 315 g/mol. The highest BCUT2D eigenvalue weighted by Crippen LogP contribution is 2.31. The Hall–Kier alpha value is -1.71. The van der Waals surface area contributed by atoms with Crippen LogP contribution in [0.25, 0.3) is 0 Å². The molecule has 0 radical (unpaired) electrons. The number of phenols is 1. The minimum Gasteiger partial charge on any atom is -0.502 e. The van der Waals surface area contributed by atoms with Gasteiger partial charge < -0.3 is 10.8 Å². The van der Waals surface area contributed by atoms with Crippen molar-refractivity contribution < 1.29 is 18.4 Å². The first-order valence-electron chi connectivity index (χ1n) is 6.57. The van der Waals surface area contributed by atoms with E-state index >= 15 is 0 Å². The molecule has 0 amide bonds. The van der Waals surface area contributed by atoms with Crippen molar-refractivity contribution in [1.82, 2.24) is 4.31 Å². The van der Waals surface area contributed by atoms with Crippen molar-refractivity contribution in [3.63, 3.8) is 0 Å². The Morgan fingerprint density at radius 2 is 2.14 bits per heavy atom. The summed E-state index contributed by atoms with van der Waals surface area (Å²) in [4.78, 5) is 9.80. The molecule has 9 heteroatoms. The van der Waals surface area contributed by atoms with E-state index in [1.165, 1.54) is 10.4 Å². The maximum atomic E-state index is 12.6. The number of sulfonamides is 1. The number of nitro benzene ring substituents is 1. The first-order valence-corrected chi connectivity index (χ1v) is 8.01. The van der Waals surface area contributed by atoms with Crippen LogP contribution < -0.4 is 5.73 Å². The van der Waals surface area contributed by atoms with Crippen molar-refractivity contribution in [3.05, 3.63) is 28.3 Å². The highest BCUT2D eigenvalue weighted by atomic mass is 32.2. The highest BCUT2D eigenvalue weighted by molar-refractivity contribution is 7.89. The van der Waals surface area contributed by atoms with Crippen molar-refractivity contribution in [2.45, 2.75) is 30.2 Å². The van der Waals surface area contributed by atoms with Gasteiger partial charge in [0.25, 0.3) is 0 Å². The van der Waals surface area contributed by atoms with Crippen LogP contribution in [0.15, 0.2) is 23.1 Å². The zero-order valence-corrected chi connectivity index (χ0v) is 12.1. The van der Waals surface area contributed by atoms with Gasteiger partial charge in [-0.15, -0.1) is 0 Å². The van der Waals surface area contributed by atoms with Gasteiger partial charge in [0.2, 0.25) is 10.0 Å². The molecule has 1 aromatic rings. The van der Waals surface area contributed by atoms with Gasteiger partial charge in [0, 0.05) is 25.2 Å². The molecule has 0 bridgehead atoms. The zero-order chi connectivity index (χ0) is 15.6. The molecule has 0 aliphatic carbocycles. The Kier molecular flexibility index (Phi) is 4.45. The third-order valence-corrected chi connectivity index (χ3v) is 5.54. The maximum absolute atomic E-state index is 12.6. The van der Waals surface area contributed by atoms with E-state index in [0.29, 0.717) is 13.0 Å². The fraction of sp³-hybridized carbons (Fsp3) is 0.500. The largest absolute Gasteiger partial charge is 0.502 e. The van der Waals surface area contributed by atoms with Gasteiger partial charge in [0.1, 0.15) is 0 Å². The van der Waals surface area contributed by atoms with E-state index < -0.39 is 26.4 Å². The Bertz CT molecular complexity index is 646. The first kappa shape index (κ1) is 15.7. The van der Waals surface area contributed by atoms with Gasteiger partial charge in [-0.1, -0.05) is 6.42 Å². The third-order valence-electron chi connectivity index (χ3n) is 3.60. The molecule has 2 rings (SSSR count). The summed E-state index contributed by atoms with van der Waals surface area (Å²) in [5.74, 6) is -0.562. The van der Waals surface area contributed by atoms with E-state index in [0.717, 1.165) is 25.0 Å². The lowest BCUT2D eigenvalue weighted by Gasteiger charge is -2.33. The van der Waals surface area contributed by atoms with E-state index in [2.05, 4.69) is 0 Å². The smallest absolute Gasteiger partial charge is 0.312 e. The predicted octanol–water partition coefficient (Wildman–Crippen LogP) is 0.802. The van der Waals surface area contributed by atoms with Crippen molar-refractivity contribution in [2.24, 2.45) is 5.73 Å². The number of nitrogens with zero attached hydrogens (tertiary/aromatic N) is 2. The highest BCUT2D eigenvalue weighted by Gasteiger charge is 2.33. The summed E-state index contributed by atoms with van der Waals surface area (Å²) in [6.45, 7) is 0.554. The van der Waals surface area contributed by atoms with Gasteiger partial charge in [-0.2, -0.15) is 4.31 Å². The van der Waals surface area contributed by atoms with Crippen LogP contribution in [-0.2, 0) is 10.0 Å². The van der Waals surface area contributed by atoms with Gasteiger partial charge in [0.05, 0.1) is 9.82 Å². The summed E-state index contributed by atoms with van der Waals surface area (Å²) in [7, 11) is -3.86. The number of aromatic hydroxyl groups is 1. The third kappa shape index (κ3) is 2.99. The fourth-order valence-corrected chi connectivity index (χ4v) is 4.20. The number of nitrogens with two attached hydrogens (primary N) is 1. The molecule has 8 nitrogen and oxygen atoms in total. The number of hydrogen-bond acceptors (Lipinski definition) is 6. The van der Waals surface area contributed by atoms with E-state index in [-0.39, 0.29) is 17.5 Å². The summed E-state index contributed by atoms with van der Waals surface area (Å²) >= 11 is 0. The quantitative estimate of drug-likeness (QED) is 0.625. The van der Waals surface area contributed by atoms with Crippen LogP contribution >= 0.6 is 0 Å². The minimum absolute atomic E-state index is 0.202. The lowest BCUT2D eigenvalue weighted by Crippen LogP contribution is -2.47. The van der Waals surface area contributed by atoms with Crippen LogP contribution in [-0.4, -0.2) is 41.9 Å². The summed E-state index contributed by atoms with van der Waals surface area (Å²) < 4.78 is 26.5. The van der Waals surface area contributed by atoms with E-state index in [1.54, 1.807) is 0 Å². The molecule has 1 aliphatic rings. The van der Waals surface area contributed by atoms with Crippen molar-refractivity contribution in [1.29, 1.82) is 0 Å². The predicted molar refractivity (Wildman–Crippen MR) is 75.3 cm³/mol. The Morgan fingerprint density at radius 3 is 2.76 bits per heavy atom. The summed E-state index contributed by atoms with van der Waals surface area (Å²) in [6, 6.07) is 2.77. The topological polar surface area (TPSA) is 127 Å². The Labute approximate surface area is 122 Å². The molecular weight excluding hydrogens is 298 g/mol. The van der Waals surface area contributed by atoms with Gasteiger partial charge in [-0.3, -0.25) is 10.1 Å². The van der Waals surface area contributed by atoms with E-state index in [4.69, 9.17) is 5.73 Å². The Morgan fingerprint density at radius 1 is 1.43 bits per heavy atom. The number of rotatable bonds is 4. The van der Waals surface area contributed by atoms with E-state index in [9.17, 15) is 23.6 Å². The molecule has 1 heterocycles. The zero-order valence-electron chi connectivity index (χ0n) is 11.3. The molecule has 1 fully saturated rings. The molecule has 3 N–H and O–H groups in total. The van der Waals surface area contributed by atoms with Crippen molar-refractivity contribution >= 4 is 15.7 Å². The van der Waals surface area contributed by atoms with Crippen LogP contribution in [0.3, 0.4) is 0 Å². The van der Waals surface area contributed by atoms with E-state index in [1.807, 2.05) is 0 Å². The van der Waals surface area contributed by atoms with Crippen LogP contribution in [0, 0.1) is 10.1 Å². The van der Waals surface area contributed by atoms with Gasteiger partial charge in [0.15, 0.2) is 5.75 Å². The number of phenolic OH excluding ortho intramolecular Hbond substituents is 1. The van der Waals surface area contributed by atoms with Crippen molar-refractivity contribution in [3.8, 4) is 5.75 Å². The van der Waals surface area contributed by atoms with Crippen LogP contribution in [0.2, 0.25) is 0 Å². The molecular formula is C12H17N3O5S. The van der Waals surface area contributed by atoms with Gasteiger partial charge in [-0.05, 0) is 25.0 Å². The lowest BCUT2D eigenvalue weighted by atomic mass is 10.1. The first-order chi connectivity index (χ1) is 9.87. The number of piperidine rings is 1. The van der Waals surface area contributed by atoms with Gasteiger partial charge >= 0.3 is 5.69 Å². The maximum Gasteiger partial charge on any atom is 0.312 e. The molecule has 21 heavy (non-hydrogen) atoms. The second kappa shape index (κ2) is 5.96. The summed E-state index contributed by atoms with van der Waals surface area (Å²) in [5, 5.41) is 20.2. The number of nitro groups is 1. The molecule has 0 spiro atoms. The number of hydrogen-bond donors (Lipinski definition) is 2. The molecule has 1 aromatic carbocycles. The molecule has 0 saturated carbocycles. The standard InChI is InChI=1S/C12H17N3O5S/c13-8-9-3-1-2-6-14(9)21(19,20)10-4-5-12(16)11(7-10)15(17)18/h4-5,7,9,16H,1-3,6,8,13H2. The molecule has 1 saturated heterocycles. The SMILES string of the molecule is NCC1CCCCN1S(=O)(=O)c1ccc(O)c([N+](=O)[O-])c1. The molecule has 0 aromatic heterocycles. The molecule has 1 unspecified atom stereocenters. The molecule has 116 valence electrons. The van der Waals surface area contributed by atoms with Crippen LogP contribution in [0.1, 0.15) is 19.3 Å². The van der Waals surface area contributed by atoms with Crippen LogP contribution in [0.5, 0.6) is 5.75 Å². The second-order valence-electron chi connectivity index (χ2n) is 4.91. The summed E-state index contributed by atoms with van der Waals surface area (Å²) in [6.07, 6.45) is 2.31. The van der Waals surface area contributed by atoms with Crippen LogP contribution in [0.4, 0.5) is 5.69 Å². The minimum atomic E-state index is -3.86. The second-order valence-corrected chi connectivity index (χ2v) is 6.80. The normalized spacial score (nSPS) is 20.3. The fourth-order valence-electron chi connectivity index (χ4n) is 2.47.